The summed E-state index contributed by atoms with van der Waals surface area (Å²) in [4.78, 5) is 23.8. The van der Waals surface area contributed by atoms with Crippen molar-refractivity contribution in [3.8, 4) is 0 Å². The Morgan fingerprint density at radius 3 is 2.39 bits per heavy atom. The normalized spacial score (nSPS) is 22.3. The van der Waals surface area contributed by atoms with Crippen LogP contribution in [0.25, 0.3) is 0 Å². The smallest absolute Gasteiger partial charge is 0.321 e. The van der Waals surface area contributed by atoms with Crippen molar-refractivity contribution in [1.82, 2.24) is 5.32 Å². The zero-order chi connectivity index (χ0) is 13.0. The van der Waals surface area contributed by atoms with Crippen LogP contribution in [0.5, 0.6) is 0 Å². The molecule has 4 heteroatoms. The number of carbonyl (C=O) groups is 2. The maximum absolute atomic E-state index is 12.1. The van der Waals surface area contributed by atoms with Gasteiger partial charge in [0, 0.05) is 6.54 Å². The molecule has 18 heavy (non-hydrogen) atoms. The van der Waals surface area contributed by atoms with Crippen molar-refractivity contribution in [2.75, 3.05) is 13.7 Å². The molecule has 0 aliphatic heterocycles. The molecule has 102 valence electrons. The van der Waals surface area contributed by atoms with Gasteiger partial charge in [-0.25, -0.2) is 0 Å². The van der Waals surface area contributed by atoms with Crippen molar-refractivity contribution in [1.29, 1.82) is 0 Å². The van der Waals surface area contributed by atoms with Crippen LogP contribution >= 0.6 is 0 Å². The second kappa shape index (κ2) is 5.72. The standard InChI is InChI=1S/C14H23NO3/c1-18-13(17)14(8-4-9-14)12(16)15-10-7-11-5-2-3-6-11/h11H,2-10H2,1H3,(H,15,16). The summed E-state index contributed by atoms with van der Waals surface area (Å²) in [6.07, 6.45) is 8.48. The van der Waals surface area contributed by atoms with Gasteiger partial charge in [0.15, 0.2) is 0 Å². The Hall–Kier alpha value is -1.06. The van der Waals surface area contributed by atoms with Crippen LogP contribution in [0, 0.1) is 11.3 Å². The van der Waals surface area contributed by atoms with Crippen LogP contribution in [0.1, 0.15) is 51.4 Å². The molecule has 0 aromatic rings. The lowest BCUT2D eigenvalue weighted by atomic mass is 9.68. The van der Waals surface area contributed by atoms with Gasteiger partial charge in [-0.15, -0.1) is 0 Å². The quantitative estimate of drug-likeness (QED) is 0.602. The predicted molar refractivity (Wildman–Crippen MR) is 67.9 cm³/mol. The van der Waals surface area contributed by atoms with Crippen LogP contribution in [-0.2, 0) is 14.3 Å². The molecule has 0 heterocycles. The van der Waals surface area contributed by atoms with Gasteiger partial charge in [0.05, 0.1) is 7.11 Å². The highest BCUT2D eigenvalue weighted by Crippen LogP contribution is 2.42. The van der Waals surface area contributed by atoms with Crippen LogP contribution in [0.2, 0.25) is 0 Å². The molecule has 0 bridgehead atoms. The Morgan fingerprint density at radius 1 is 1.22 bits per heavy atom. The molecule has 2 saturated carbocycles. The maximum Gasteiger partial charge on any atom is 0.321 e. The Kier molecular flexibility index (Phi) is 4.25. The van der Waals surface area contributed by atoms with E-state index < -0.39 is 5.41 Å². The first-order valence-electron chi connectivity index (χ1n) is 7.06. The average Bonchev–Trinajstić information content (AvgIpc) is 2.80. The lowest BCUT2D eigenvalue weighted by molar-refractivity contribution is -0.165. The van der Waals surface area contributed by atoms with Crippen LogP contribution in [0.3, 0.4) is 0 Å². The third kappa shape index (κ3) is 2.52. The number of esters is 1. The summed E-state index contributed by atoms with van der Waals surface area (Å²) >= 11 is 0. The van der Waals surface area contributed by atoms with E-state index in [1.165, 1.54) is 32.8 Å². The van der Waals surface area contributed by atoms with E-state index in [2.05, 4.69) is 5.32 Å². The number of hydrogen-bond donors (Lipinski definition) is 1. The Bertz CT molecular complexity index is 317. The van der Waals surface area contributed by atoms with E-state index in [1.54, 1.807) is 0 Å². The van der Waals surface area contributed by atoms with Crippen LogP contribution in [-0.4, -0.2) is 25.5 Å². The summed E-state index contributed by atoms with van der Waals surface area (Å²) in [5.41, 5.74) is -0.871. The zero-order valence-electron chi connectivity index (χ0n) is 11.2. The van der Waals surface area contributed by atoms with E-state index in [0.29, 0.717) is 19.4 Å². The number of hydrogen-bond acceptors (Lipinski definition) is 3. The highest BCUT2D eigenvalue weighted by Gasteiger charge is 2.51. The first kappa shape index (κ1) is 13.4. The van der Waals surface area contributed by atoms with Gasteiger partial charge >= 0.3 is 5.97 Å². The van der Waals surface area contributed by atoms with Gasteiger partial charge in [-0.3, -0.25) is 9.59 Å². The van der Waals surface area contributed by atoms with E-state index in [0.717, 1.165) is 18.8 Å². The number of amides is 1. The molecule has 0 radical (unpaired) electrons. The minimum atomic E-state index is -0.871. The first-order chi connectivity index (χ1) is 8.69. The summed E-state index contributed by atoms with van der Waals surface area (Å²) in [6.45, 7) is 0.697. The Labute approximate surface area is 108 Å². The first-order valence-corrected chi connectivity index (χ1v) is 7.06. The number of methoxy groups -OCH3 is 1. The zero-order valence-corrected chi connectivity index (χ0v) is 11.2. The van der Waals surface area contributed by atoms with E-state index in [-0.39, 0.29) is 11.9 Å². The Morgan fingerprint density at radius 2 is 1.89 bits per heavy atom. The van der Waals surface area contributed by atoms with E-state index in [4.69, 9.17) is 4.74 Å². The molecule has 0 atom stereocenters. The third-order valence-corrected chi connectivity index (χ3v) is 4.53. The van der Waals surface area contributed by atoms with Crippen molar-refractivity contribution < 1.29 is 14.3 Å². The summed E-state index contributed by atoms with van der Waals surface area (Å²) in [6, 6.07) is 0. The van der Waals surface area contributed by atoms with Gasteiger partial charge in [-0.1, -0.05) is 32.1 Å². The number of rotatable bonds is 5. The van der Waals surface area contributed by atoms with Crippen molar-refractivity contribution >= 4 is 11.9 Å². The molecule has 0 unspecified atom stereocenters. The number of ether oxygens (including phenoxy) is 1. The summed E-state index contributed by atoms with van der Waals surface area (Å²) < 4.78 is 4.76. The second-order valence-corrected chi connectivity index (χ2v) is 5.62. The lowest BCUT2D eigenvalue weighted by Gasteiger charge is -2.37. The fraction of sp³-hybridized carbons (Fsp3) is 0.857. The Balaban J connectivity index is 1.77. The second-order valence-electron chi connectivity index (χ2n) is 5.62. The molecule has 1 amide bonds. The monoisotopic (exact) mass is 253 g/mol. The van der Waals surface area contributed by atoms with Gasteiger partial charge in [-0.2, -0.15) is 0 Å². The summed E-state index contributed by atoms with van der Waals surface area (Å²) in [5, 5.41) is 2.93. The van der Waals surface area contributed by atoms with E-state index in [1.807, 2.05) is 0 Å². The molecular weight excluding hydrogens is 230 g/mol. The van der Waals surface area contributed by atoms with Crippen molar-refractivity contribution in [3.63, 3.8) is 0 Å². The van der Waals surface area contributed by atoms with Gasteiger partial charge in [-0.05, 0) is 25.2 Å². The van der Waals surface area contributed by atoms with Gasteiger partial charge in [0.25, 0.3) is 0 Å². The minimum Gasteiger partial charge on any atom is -0.468 e. The lowest BCUT2D eigenvalue weighted by Crippen LogP contribution is -2.51. The maximum atomic E-state index is 12.1. The molecular formula is C14H23NO3. The third-order valence-electron chi connectivity index (χ3n) is 4.53. The molecule has 2 aliphatic carbocycles. The highest BCUT2D eigenvalue weighted by molar-refractivity contribution is 6.03. The fourth-order valence-electron chi connectivity index (χ4n) is 3.11. The number of nitrogens with one attached hydrogen (secondary N) is 1. The topological polar surface area (TPSA) is 55.4 Å². The summed E-state index contributed by atoms with van der Waals surface area (Å²) in [5.74, 6) is 0.270. The molecule has 0 spiro atoms. The molecule has 2 aliphatic rings. The van der Waals surface area contributed by atoms with Gasteiger partial charge in [0.1, 0.15) is 5.41 Å². The highest BCUT2D eigenvalue weighted by atomic mass is 16.5. The van der Waals surface area contributed by atoms with Crippen molar-refractivity contribution in [3.05, 3.63) is 0 Å². The largest absolute Gasteiger partial charge is 0.468 e. The SMILES string of the molecule is COC(=O)C1(C(=O)NCCC2CCCC2)CCC1. The van der Waals surface area contributed by atoms with E-state index in [9.17, 15) is 9.59 Å². The molecule has 2 rings (SSSR count). The number of carbonyl (C=O) groups excluding carboxylic acids is 2. The molecule has 0 aromatic carbocycles. The van der Waals surface area contributed by atoms with Crippen LogP contribution in [0.15, 0.2) is 0 Å². The molecule has 2 fully saturated rings. The van der Waals surface area contributed by atoms with Gasteiger partial charge in [0.2, 0.25) is 5.91 Å². The minimum absolute atomic E-state index is 0.126. The fourth-order valence-corrected chi connectivity index (χ4v) is 3.11. The molecule has 1 N–H and O–H groups in total. The van der Waals surface area contributed by atoms with Crippen LogP contribution in [0.4, 0.5) is 0 Å². The van der Waals surface area contributed by atoms with E-state index >= 15 is 0 Å². The van der Waals surface area contributed by atoms with Crippen molar-refractivity contribution in [2.45, 2.75) is 51.4 Å². The average molecular weight is 253 g/mol. The van der Waals surface area contributed by atoms with Crippen LogP contribution < -0.4 is 5.32 Å². The molecule has 0 saturated heterocycles. The molecule has 4 nitrogen and oxygen atoms in total. The van der Waals surface area contributed by atoms with Crippen molar-refractivity contribution in [2.24, 2.45) is 11.3 Å². The predicted octanol–water partition coefficient (Wildman–Crippen LogP) is 2.03. The summed E-state index contributed by atoms with van der Waals surface area (Å²) in [7, 11) is 1.36. The molecule has 0 aromatic heterocycles. The van der Waals surface area contributed by atoms with Gasteiger partial charge < -0.3 is 10.1 Å².